The molecule has 0 aliphatic heterocycles. The molecule has 2 aromatic heterocycles. The van der Waals surface area contributed by atoms with Crippen LogP contribution in [0.15, 0.2) is 71.7 Å². The molecule has 0 bridgehead atoms. The summed E-state index contributed by atoms with van der Waals surface area (Å²) in [5.41, 5.74) is 1.75. The highest BCUT2D eigenvalue weighted by atomic mass is 19.2. The van der Waals surface area contributed by atoms with Gasteiger partial charge in [0.1, 0.15) is 11.4 Å². The third kappa shape index (κ3) is 5.81. The lowest BCUT2D eigenvalue weighted by Gasteiger charge is -2.08. The molecule has 8 nitrogen and oxygen atoms in total. The van der Waals surface area contributed by atoms with Gasteiger partial charge in [0.25, 0.3) is 11.5 Å². The van der Waals surface area contributed by atoms with Crippen LogP contribution in [-0.2, 0) is 13.6 Å². The van der Waals surface area contributed by atoms with E-state index in [1.165, 1.54) is 21.5 Å². The molecule has 0 spiro atoms. The smallest absolute Gasteiger partial charge is 0.280 e. The normalized spacial score (nSPS) is 10.8. The Morgan fingerprint density at radius 3 is 2.59 bits per heavy atom. The number of halogens is 3. The van der Waals surface area contributed by atoms with Gasteiger partial charge in [-0.15, -0.1) is 0 Å². The summed E-state index contributed by atoms with van der Waals surface area (Å²) in [7, 11) is 1.61. The maximum absolute atomic E-state index is 13.9. The number of aromatic nitrogens is 4. The first-order valence-electron chi connectivity index (χ1n) is 12.5. The average Bonchev–Trinajstić information content (AvgIpc) is 3.17. The maximum Gasteiger partial charge on any atom is 0.280 e. The van der Waals surface area contributed by atoms with E-state index in [0.717, 1.165) is 17.5 Å². The minimum absolute atomic E-state index is 0.0180. The summed E-state index contributed by atoms with van der Waals surface area (Å²) < 4.78 is 43.5. The summed E-state index contributed by atoms with van der Waals surface area (Å²) in [5, 5.41) is 6.21. The summed E-state index contributed by atoms with van der Waals surface area (Å²) >= 11 is 0. The number of anilines is 2. The molecule has 5 aromatic rings. The Morgan fingerprint density at radius 1 is 1.00 bits per heavy atom. The van der Waals surface area contributed by atoms with Crippen molar-refractivity contribution in [3.8, 4) is 11.8 Å². The van der Waals surface area contributed by atoms with E-state index in [4.69, 9.17) is 0 Å². The lowest BCUT2D eigenvalue weighted by Crippen LogP contribution is -2.31. The summed E-state index contributed by atoms with van der Waals surface area (Å²) in [6, 6.07) is 14.9. The summed E-state index contributed by atoms with van der Waals surface area (Å²) in [6.07, 6.45) is 1.60. The number of para-hydroxylation sites is 1. The molecule has 0 aliphatic carbocycles. The topological polar surface area (TPSA) is 93.8 Å². The zero-order valence-corrected chi connectivity index (χ0v) is 22.0. The highest BCUT2D eigenvalue weighted by Gasteiger charge is 2.21. The van der Waals surface area contributed by atoms with Crippen molar-refractivity contribution < 1.29 is 18.0 Å². The Kier molecular flexibility index (Phi) is 7.56. The molecule has 41 heavy (non-hydrogen) atoms. The number of fused-ring (bicyclic) bond motifs is 1. The van der Waals surface area contributed by atoms with Crippen LogP contribution < -0.4 is 16.2 Å². The van der Waals surface area contributed by atoms with Crippen molar-refractivity contribution in [3.05, 3.63) is 117 Å². The Labute approximate surface area is 232 Å². The Balaban J connectivity index is 1.25. The van der Waals surface area contributed by atoms with Crippen molar-refractivity contribution in [1.29, 1.82) is 0 Å². The molecule has 0 aliphatic rings. The van der Waals surface area contributed by atoms with Gasteiger partial charge in [-0.25, -0.2) is 27.8 Å². The molecule has 5 rings (SSSR count). The molecule has 206 valence electrons. The highest BCUT2D eigenvalue weighted by molar-refractivity contribution is 5.95. The van der Waals surface area contributed by atoms with Gasteiger partial charge in [0, 0.05) is 29.9 Å². The van der Waals surface area contributed by atoms with Crippen molar-refractivity contribution >= 4 is 28.4 Å². The second-order valence-corrected chi connectivity index (χ2v) is 9.15. The van der Waals surface area contributed by atoms with Crippen LogP contribution in [0.2, 0.25) is 0 Å². The molecular formula is C30H23F3N6O2. The number of nitrogens with zero attached hydrogens (tertiary/aromatic N) is 4. The van der Waals surface area contributed by atoms with E-state index in [-0.39, 0.29) is 30.3 Å². The fourth-order valence-electron chi connectivity index (χ4n) is 4.23. The van der Waals surface area contributed by atoms with Crippen LogP contribution in [0.4, 0.5) is 24.8 Å². The van der Waals surface area contributed by atoms with Crippen LogP contribution in [0.25, 0.3) is 10.9 Å². The molecule has 3 aromatic carbocycles. The molecule has 0 unspecified atom stereocenters. The minimum Gasteiger partial charge on any atom is -0.341 e. The van der Waals surface area contributed by atoms with E-state index in [9.17, 15) is 22.8 Å². The zero-order chi connectivity index (χ0) is 29.1. The Bertz CT molecular complexity index is 1920. The second-order valence-electron chi connectivity index (χ2n) is 9.15. The van der Waals surface area contributed by atoms with Gasteiger partial charge in [-0.2, -0.15) is 0 Å². The number of hydrogen-bond donors (Lipinski definition) is 2. The number of nitrogens with one attached hydrogen (secondary N) is 2. The lowest BCUT2D eigenvalue weighted by molar-refractivity contribution is 0.0956. The molecule has 11 heteroatoms. The van der Waals surface area contributed by atoms with Crippen LogP contribution in [0.5, 0.6) is 0 Å². The van der Waals surface area contributed by atoms with Gasteiger partial charge in [-0.3, -0.25) is 14.3 Å². The number of carbonyl (C=O) groups is 1. The first kappa shape index (κ1) is 27.2. The van der Waals surface area contributed by atoms with Crippen LogP contribution in [0.1, 0.15) is 27.2 Å². The van der Waals surface area contributed by atoms with E-state index in [1.807, 2.05) is 0 Å². The number of carbonyl (C=O) groups excluding carboxylic acids is 1. The van der Waals surface area contributed by atoms with Crippen LogP contribution in [0.3, 0.4) is 0 Å². The maximum atomic E-state index is 13.9. The number of hydrogen-bond acceptors (Lipinski definition) is 5. The molecule has 0 fully saturated rings. The summed E-state index contributed by atoms with van der Waals surface area (Å²) in [4.78, 5) is 34.4. The Morgan fingerprint density at radius 2 is 1.80 bits per heavy atom. The van der Waals surface area contributed by atoms with Crippen molar-refractivity contribution in [2.45, 2.75) is 13.5 Å². The molecule has 0 saturated heterocycles. The van der Waals surface area contributed by atoms with Crippen LogP contribution in [0, 0.1) is 36.2 Å². The fraction of sp³-hybridized carbons (Fsp3) is 0.133. The van der Waals surface area contributed by atoms with Crippen LogP contribution in [-0.4, -0.2) is 31.8 Å². The molecule has 2 heterocycles. The van der Waals surface area contributed by atoms with Crippen molar-refractivity contribution in [3.63, 3.8) is 0 Å². The average molecular weight is 557 g/mol. The second kappa shape index (κ2) is 11.4. The van der Waals surface area contributed by atoms with Gasteiger partial charge in [-0.05, 0) is 55.0 Å². The highest BCUT2D eigenvalue weighted by Crippen LogP contribution is 2.19. The molecule has 1 amide bonds. The summed E-state index contributed by atoms with van der Waals surface area (Å²) in [6.45, 7) is 1.57. The van der Waals surface area contributed by atoms with Gasteiger partial charge in [0.15, 0.2) is 11.6 Å². The number of rotatable bonds is 6. The molecule has 0 atom stereocenters. The van der Waals surface area contributed by atoms with Gasteiger partial charge in [0.05, 0.1) is 24.3 Å². The van der Waals surface area contributed by atoms with Crippen molar-refractivity contribution in [2.24, 2.45) is 7.05 Å². The predicted molar refractivity (Wildman–Crippen MR) is 148 cm³/mol. The minimum atomic E-state index is -1.02. The Hall–Kier alpha value is -5.37. The zero-order valence-electron chi connectivity index (χ0n) is 22.0. The van der Waals surface area contributed by atoms with E-state index >= 15 is 0 Å². The largest absolute Gasteiger partial charge is 0.341 e. The van der Waals surface area contributed by atoms with E-state index in [0.29, 0.717) is 22.3 Å². The van der Waals surface area contributed by atoms with Crippen molar-refractivity contribution in [2.75, 3.05) is 11.9 Å². The quantitative estimate of drug-likeness (QED) is 0.302. The third-order valence-corrected chi connectivity index (χ3v) is 6.47. The molecule has 0 radical (unpaired) electrons. The van der Waals surface area contributed by atoms with Gasteiger partial charge >= 0.3 is 0 Å². The first-order valence-corrected chi connectivity index (χ1v) is 12.5. The van der Waals surface area contributed by atoms with Crippen LogP contribution >= 0.6 is 0 Å². The number of amides is 1. The van der Waals surface area contributed by atoms with E-state index in [1.54, 1.807) is 56.6 Å². The van der Waals surface area contributed by atoms with Gasteiger partial charge in [-0.1, -0.05) is 30.0 Å². The van der Waals surface area contributed by atoms with Crippen molar-refractivity contribution in [1.82, 2.24) is 24.6 Å². The van der Waals surface area contributed by atoms with E-state index in [2.05, 4.69) is 32.4 Å². The summed E-state index contributed by atoms with van der Waals surface area (Å²) in [5.74, 6) is 3.06. The van der Waals surface area contributed by atoms with Gasteiger partial charge in [0.2, 0.25) is 5.95 Å². The molecular weight excluding hydrogens is 533 g/mol. The monoisotopic (exact) mass is 556 g/mol. The first-order chi connectivity index (χ1) is 19.7. The molecule has 0 saturated carbocycles. The number of benzene rings is 3. The van der Waals surface area contributed by atoms with Gasteiger partial charge < -0.3 is 10.6 Å². The molecule has 2 N–H and O–H groups in total. The predicted octanol–water partition coefficient (Wildman–Crippen LogP) is 4.43. The van der Waals surface area contributed by atoms with E-state index < -0.39 is 28.9 Å². The third-order valence-electron chi connectivity index (χ3n) is 6.47. The standard InChI is InChI=1S/C30H23F3N6O2/c1-18-27(29(41)39(38(18)2)17-20-9-11-22(31)24(33)15-20)28(40)34-13-5-6-19-10-12-25-21(14-19)16-35-30(36-25)37-26-8-4-3-7-23(26)32/h3-4,7-12,14-16H,13,17H2,1-2H3,(H,34,40)(H,35,36,37). The SMILES string of the molecule is Cc1c(C(=O)NCC#Cc2ccc3nc(Nc4ccccc4F)ncc3c2)c(=O)n(Cc2ccc(F)c(F)c2)n1C. The lowest BCUT2D eigenvalue weighted by atomic mass is 10.1. The fourth-order valence-corrected chi connectivity index (χ4v) is 4.23.